The van der Waals surface area contributed by atoms with Gasteiger partial charge < -0.3 is 5.32 Å². The molecule has 0 unspecified atom stereocenters. The molecule has 4 aromatic rings. The first-order chi connectivity index (χ1) is 17.6. The molecule has 0 atom stereocenters. The molecule has 0 aliphatic carbocycles. The van der Waals surface area contributed by atoms with Gasteiger partial charge >= 0.3 is 0 Å². The average molecular weight is 577 g/mol. The lowest BCUT2D eigenvalue weighted by Crippen LogP contribution is -2.22. The third-order valence-corrected chi connectivity index (χ3v) is 8.88. The minimum absolute atomic E-state index is 0.0296. The molecule has 0 saturated carbocycles. The molecule has 37 heavy (non-hydrogen) atoms. The lowest BCUT2D eigenvalue weighted by molar-refractivity contribution is -0.113. The molecule has 0 radical (unpaired) electrons. The number of nitrogens with zero attached hydrogens (tertiary/aromatic N) is 4. The number of anilines is 1. The van der Waals surface area contributed by atoms with Crippen LogP contribution in [-0.4, -0.2) is 53.2 Å². The van der Waals surface area contributed by atoms with Gasteiger partial charge in [-0.1, -0.05) is 65.3 Å². The summed E-state index contributed by atoms with van der Waals surface area (Å²) in [7, 11) is -0.686. The Morgan fingerprint density at radius 3 is 2.49 bits per heavy atom. The molecule has 4 rings (SSSR count). The normalized spacial score (nSPS) is 11.6. The Morgan fingerprint density at radius 2 is 1.76 bits per heavy atom. The maximum absolute atomic E-state index is 12.7. The fraction of sp³-hybridized carbons (Fsp3) is 0.160. The maximum Gasteiger partial charge on any atom is 0.242 e. The number of halogens is 2. The molecule has 12 heteroatoms. The minimum atomic E-state index is -3.65. The number of carbonyl (C=O) groups is 1. The van der Waals surface area contributed by atoms with E-state index in [0.29, 0.717) is 27.3 Å². The highest BCUT2D eigenvalue weighted by Crippen LogP contribution is 2.32. The van der Waals surface area contributed by atoms with Gasteiger partial charge in [-0.15, -0.1) is 10.2 Å². The second-order valence-electron chi connectivity index (χ2n) is 8.23. The molecule has 1 amide bonds. The van der Waals surface area contributed by atoms with Gasteiger partial charge in [-0.2, -0.15) is 0 Å². The van der Waals surface area contributed by atoms with E-state index in [-0.39, 0.29) is 21.6 Å². The molecule has 0 bridgehead atoms. The third kappa shape index (κ3) is 6.00. The molecule has 3 aromatic carbocycles. The molecule has 8 nitrogen and oxygen atoms in total. The molecule has 0 saturated heterocycles. The first-order valence-electron chi connectivity index (χ1n) is 11.0. The monoisotopic (exact) mass is 575 g/mol. The van der Waals surface area contributed by atoms with Crippen molar-refractivity contribution in [3.63, 3.8) is 0 Å². The summed E-state index contributed by atoms with van der Waals surface area (Å²) in [5, 5.41) is 12.5. The zero-order valence-corrected chi connectivity index (χ0v) is 23.3. The highest BCUT2D eigenvalue weighted by atomic mass is 35.5. The third-order valence-electron chi connectivity index (χ3n) is 5.32. The summed E-state index contributed by atoms with van der Waals surface area (Å²) in [6, 6.07) is 19.3. The fourth-order valence-electron chi connectivity index (χ4n) is 3.47. The van der Waals surface area contributed by atoms with Crippen LogP contribution in [0.25, 0.3) is 17.1 Å². The predicted molar refractivity (Wildman–Crippen MR) is 148 cm³/mol. The Kier molecular flexibility index (Phi) is 8.25. The minimum Gasteiger partial charge on any atom is -0.324 e. The van der Waals surface area contributed by atoms with Gasteiger partial charge in [0.2, 0.25) is 15.9 Å². The standard InChI is InChI=1S/C25H23Cl2N5O3S2/c1-16-7-4-9-18(13-16)32-24(17-8-5-10-19(14-17)37(34,35)31(2)3)29-30-25(32)36-15-22(33)28-21-12-6-11-20(26)23(21)27/h4-14H,15H2,1-3H3,(H,28,33). The number of nitrogens with one attached hydrogen (secondary N) is 1. The van der Waals surface area contributed by atoms with E-state index in [4.69, 9.17) is 23.2 Å². The molecule has 1 heterocycles. The van der Waals surface area contributed by atoms with Gasteiger partial charge in [0.25, 0.3) is 0 Å². The van der Waals surface area contributed by atoms with Crippen molar-refractivity contribution in [1.29, 1.82) is 0 Å². The Bertz CT molecular complexity index is 1570. The number of hydrogen-bond acceptors (Lipinski definition) is 6. The molecular weight excluding hydrogens is 553 g/mol. The summed E-state index contributed by atoms with van der Waals surface area (Å²) in [6.45, 7) is 1.97. The van der Waals surface area contributed by atoms with E-state index < -0.39 is 10.0 Å². The molecule has 0 aliphatic rings. The molecule has 0 aliphatic heterocycles. The van der Waals surface area contributed by atoms with Gasteiger partial charge in [0, 0.05) is 25.3 Å². The number of rotatable bonds is 8. The number of aryl methyl sites for hydroxylation is 1. The van der Waals surface area contributed by atoms with Gasteiger partial charge in [0.1, 0.15) is 0 Å². The fourth-order valence-corrected chi connectivity index (χ4v) is 5.52. The van der Waals surface area contributed by atoms with Crippen LogP contribution in [0.2, 0.25) is 10.0 Å². The van der Waals surface area contributed by atoms with Crippen LogP contribution in [0, 0.1) is 6.92 Å². The van der Waals surface area contributed by atoms with Crippen molar-refractivity contribution >= 4 is 56.6 Å². The van der Waals surface area contributed by atoms with Crippen molar-refractivity contribution in [3.8, 4) is 17.1 Å². The van der Waals surface area contributed by atoms with Crippen LogP contribution in [0.5, 0.6) is 0 Å². The summed E-state index contributed by atoms with van der Waals surface area (Å²) in [5.74, 6) is 0.178. The SMILES string of the molecule is Cc1cccc(-n2c(SCC(=O)Nc3cccc(Cl)c3Cl)nnc2-c2cccc(S(=O)(=O)N(C)C)c2)c1. The number of hydrogen-bond donors (Lipinski definition) is 1. The second kappa shape index (κ2) is 11.2. The van der Waals surface area contributed by atoms with Gasteiger partial charge in [-0.25, -0.2) is 12.7 Å². The highest BCUT2D eigenvalue weighted by molar-refractivity contribution is 7.99. The first kappa shape index (κ1) is 27.2. The number of aromatic nitrogens is 3. The molecule has 0 fully saturated rings. The lowest BCUT2D eigenvalue weighted by atomic mass is 10.2. The van der Waals surface area contributed by atoms with Crippen LogP contribution in [0.1, 0.15) is 5.56 Å². The number of benzene rings is 3. The molecule has 0 spiro atoms. The van der Waals surface area contributed by atoms with Crippen LogP contribution in [-0.2, 0) is 14.8 Å². The molecule has 1 aromatic heterocycles. The largest absolute Gasteiger partial charge is 0.324 e. The summed E-state index contributed by atoms with van der Waals surface area (Å²) in [4.78, 5) is 12.8. The summed E-state index contributed by atoms with van der Waals surface area (Å²) < 4.78 is 28.4. The number of amides is 1. The van der Waals surface area contributed by atoms with E-state index >= 15 is 0 Å². The van der Waals surface area contributed by atoms with E-state index in [9.17, 15) is 13.2 Å². The van der Waals surface area contributed by atoms with Gasteiger partial charge in [0.05, 0.1) is 26.4 Å². The van der Waals surface area contributed by atoms with Crippen LogP contribution < -0.4 is 5.32 Å². The van der Waals surface area contributed by atoms with Crippen molar-refractivity contribution in [1.82, 2.24) is 19.1 Å². The predicted octanol–water partition coefficient (Wildman–Crippen LogP) is 5.53. The summed E-state index contributed by atoms with van der Waals surface area (Å²) >= 11 is 13.4. The Hall–Kier alpha value is -2.89. The number of thioether (sulfide) groups is 1. The van der Waals surface area contributed by atoms with Crippen LogP contribution in [0.15, 0.2) is 76.8 Å². The maximum atomic E-state index is 12.7. The van der Waals surface area contributed by atoms with E-state index in [2.05, 4.69) is 15.5 Å². The van der Waals surface area contributed by atoms with Crippen LogP contribution >= 0.6 is 35.0 Å². The van der Waals surface area contributed by atoms with Crippen LogP contribution in [0.3, 0.4) is 0 Å². The zero-order chi connectivity index (χ0) is 26.7. The highest BCUT2D eigenvalue weighted by Gasteiger charge is 2.22. The lowest BCUT2D eigenvalue weighted by Gasteiger charge is -2.14. The molecule has 1 N–H and O–H groups in total. The van der Waals surface area contributed by atoms with Gasteiger partial charge in [-0.3, -0.25) is 9.36 Å². The Labute approximate surface area is 229 Å². The van der Waals surface area contributed by atoms with Crippen molar-refractivity contribution in [2.45, 2.75) is 17.0 Å². The Morgan fingerprint density at radius 1 is 1.03 bits per heavy atom. The molecular formula is C25H23Cl2N5O3S2. The van der Waals surface area contributed by atoms with Crippen molar-refractivity contribution in [3.05, 3.63) is 82.3 Å². The van der Waals surface area contributed by atoms with Gasteiger partial charge in [-0.05, 0) is 48.9 Å². The van der Waals surface area contributed by atoms with E-state index in [1.165, 1.54) is 31.9 Å². The van der Waals surface area contributed by atoms with E-state index in [1.54, 1.807) is 41.0 Å². The average Bonchev–Trinajstić information content (AvgIpc) is 3.29. The topological polar surface area (TPSA) is 97.2 Å². The smallest absolute Gasteiger partial charge is 0.242 e. The number of carbonyl (C=O) groups excluding carboxylic acids is 1. The van der Waals surface area contributed by atoms with Crippen LogP contribution in [0.4, 0.5) is 5.69 Å². The van der Waals surface area contributed by atoms with Crippen molar-refractivity contribution in [2.24, 2.45) is 0 Å². The summed E-state index contributed by atoms with van der Waals surface area (Å²) in [6.07, 6.45) is 0. The van der Waals surface area contributed by atoms with Gasteiger partial charge in [0.15, 0.2) is 11.0 Å². The van der Waals surface area contributed by atoms with Crippen molar-refractivity contribution in [2.75, 3.05) is 25.2 Å². The Balaban J connectivity index is 1.69. The number of sulfonamides is 1. The second-order valence-corrected chi connectivity index (χ2v) is 12.1. The van der Waals surface area contributed by atoms with E-state index in [0.717, 1.165) is 15.6 Å². The zero-order valence-electron chi connectivity index (χ0n) is 20.1. The molecule has 192 valence electrons. The van der Waals surface area contributed by atoms with E-state index in [1.807, 2.05) is 31.2 Å². The van der Waals surface area contributed by atoms with Crippen molar-refractivity contribution < 1.29 is 13.2 Å². The quantitative estimate of drug-likeness (QED) is 0.277. The summed E-state index contributed by atoms with van der Waals surface area (Å²) in [5.41, 5.74) is 2.78. The first-order valence-corrected chi connectivity index (χ1v) is 14.2.